The van der Waals surface area contributed by atoms with Gasteiger partial charge in [0.05, 0.1) is 43.1 Å². The lowest BCUT2D eigenvalue weighted by molar-refractivity contribution is -0.168. The number of fused-ring (bicyclic) bond motifs is 5. The highest BCUT2D eigenvalue weighted by molar-refractivity contribution is 5.87. The fourth-order valence-corrected chi connectivity index (χ4v) is 9.21. The van der Waals surface area contributed by atoms with E-state index in [0.29, 0.717) is 36.9 Å². The molecular formula is C38H51F2N3O6. The number of carbonyl (C=O) groups excluding carboxylic acids is 3. The number of hydrogen-bond acceptors (Lipinski definition) is 8. The van der Waals surface area contributed by atoms with E-state index in [4.69, 9.17) is 14.2 Å². The van der Waals surface area contributed by atoms with Gasteiger partial charge in [0.15, 0.2) is 5.69 Å². The van der Waals surface area contributed by atoms with Crippen LogP contribution < -0.4 is 9.47 Å². The van der Waals surface area contributed by atoms with E-state index in [-0.39, 0.29) is 42.6 Å². The largest absolute Gasteiger partial charge is 0.497 e. The van der Waals surface area contributed by atoms with E-state index < -0.39 is 59.0 Å². The fraction of sp³-hybridized carbons (Fsp3) is 0.711. The highest BCUT2D eigenvalue weighted by Crippen LogP contribution is 2.48. The summed E-state index contributed by atoms with van der Waals surface area (Å²) in [5.74, 6) is -4.95. The number of aldehydes is 1. The van der Waals surface area contributed by atoms with Crippen molar-refractivity contribution in [3.8, 4) is 11.6 Å². The molecule has 9 nitrogen and oxygen atoms in total. The lowest BCUT2D eigenvalue weighted by atomic mass is 9.65. The van der Waals surface area contributed by atoms with Crippen molar-refractivity contribution >= 4 is 29.2 Å². The summed E-state index contributed by atoms with van der Waals surface area (Å²) in [7, 11) is 1.51. The summed E-state index contributed by atoms with van der Waals surface area (Å²) >= 11 is 0. The number of carbonyl (C=O) groups is 3. The summed E-state index contributed by atoms with van der Waals surface area (Å²) in [5, 5.41) is 0. The Balaban J connectivity index is 1.43. The van der Waals surface area contributed by atoms with E-state index >= 15 is 8.78 Å². The Labute approximate surface area is 287 Å². The van der Waals surface area contributed by atoms with Crippen molar-refractivity contribution in [1.29, 1.82) is 0 Å². The zero-order valence-corrected chi connectivity index (χ0v) is 29.3. The van der Waals surface area contributed by atoms with E-state index in [1.165, 1.54) is 12.0 Å². The summed E-state index contributed by atoms with van der Waals surface area (Å²) in [6.45, 7) is 5.93. The minimum atomic E-state index is -3.35. The molecule has 6 atom stereocenters. The fourth-order valence-electron chi connectivity index (χ4n) is 9.21. The van der Waals surface area contributed by atoms with Crippen LogP contribution >= 0.6 is 0 Å². The second-order valence-electron chi connectivity index (χ2n) is 15.4. The van der Waals surface area contributed by atoms with Gasteiger partial charge >= 0.3 is 5.97 Å². The molecule has 11 heteroatoms. The molecule has 0 unspecified atom stereocenters. The van der Waals surface area contributed by atoms with Gasteiger partial charge in [-0.25, -0.2) is 9.97 Å². The number of aromatic nitrogens is 2. The molecule has 6 rings (SSSR count). The van der Waals surface area contributed by atoms with Crippen LogP contribution in [0.3, 0.4) is 0 Å². The molecule has 1 amide bonds. The molecule has 3 fully saturated rings. The SMILES string of the molecule is CC[C@@H]1[C@@H]2CN(C(=O)[C@H](C3(C)CCCCC3)CC(=O)O[C@]3(C)CCC[C@H]3CCCCC(F)(F)c3nc4ccc(OC)cc4nc3O2)[C@@H]1C=O. The lowest BCUT2D eigenvalue weighted by Gasteiger charge is -2.42. The van der Waals surface area contributed by atoms with Gasteiger partial charge in [0.25, 0.3) is 5.92 Å². The van der Waals surface area contributed by atoms with E-state index in [1.807, 2.05) is 13.8 Å². The third-order valence-corrected chi connectivity index (χ3v) is 12.2. The second-order valence-corrected chi connectivity index (χ2v) is 15.4. The summed E-state index contributed by atoms with van der Waals surface area (Å²) in [6, 6.07) is 4.04. The molecule has 2 aliphatic carbocycles. The van der Waals surface area contributed by atoms with E-state index in [1.54, 1.807) is 18.2 Å². The predicted octanol–water partition coefficient (Wildman–Crippen LogP) is 7.57. The van der Waals surface area contributed by atoms with Crippen LogP contribution in [-0.2, 0) is 25.0 Å². The Hall–Kier alpha value is -3.37. The Morgan fingerprint density at radius 2 is 1.71 bits per heavy atom. The van der Waals surface area contributed by atoms with Gasteiger partial charge in [0.1, 0.15) is 23.7 Å². The summed E-state index contributed by atoms with van der Waals surface area (Å²) in [4.78, 5) is 51.8. The van der Waals surface area contributed by atoms with Crippen molar-refractivity contribution in [2.45, 2.75) is 134 Å². The first-order valence-corrected chi connectivity index (χ1v) is 18.3. The van der Waals surface area contributed by atoms with Crippen LogP contribution in [0.1, 0.15) is 116 Å². The maximum absolute atomic E-state index is 16.2. The highest BCUT2D eigenvalue weighted by Gasteiger charge is 2.52. The third-order valence-electron chi connectivity index (χ3n) is 12.2. The van der Waals surface area contributed by atoms with Crippen LogP contribution in [0.2, 0.25) is 0 Å². The number of ether oxygens (including phenoxy) is 3. The minimum absolute atomic E-state index is 0.00496. The molecular weight excluding hydrogens is 632 g/mol. The van der Waals surface area contributed by atoms with Crippen LogP contribution in [-0.4, -0.2) is 64.4 Å². The molecule has 3 heterocycles. The highest BCUT2D eigenvalue weighted by atomic mass is 19.3. The van der Waals surface area contributed by atoms with Crippen LogP contribution in [0, 0.1) is 23.2 Å². The Morgan fingerprint density at radius 1 is 0.980 bits per heavy atom. The van der Waals surface area contributed by atoms with E-state index in [2.05, 4.69) is 16.9 Å². The van der Waals surface area contributed by atoms with Crippen molar-refractivity contribution in [2.75, 3.05) is 13.7 Å². The van der Waals surface area contributed by atoms with Gasteiger partial charge in [0, 0.05) is 18.4 Å². The van der Waals surface area contributed by atoms with Crippen LogP contribution in [0.5, 0.6) is 11.6 Å². The van der Waals surface area contributed by atoms with Gasteiger partial charge in [-0.15, -0.1) is 0 Å². The number of hydrogen-bond donors (Lipinski definition) is 0. The maximum Gasteiger partial charge on any atom is 0.307 e. The topological polar surface area (TPSA) is 108 Å². The molecule has 1 aromatic heterocycles. The van der Waals surface area contributed by atoms with Crippen molar-refractivity contribution in [1.82, 2.24) is 14.9 Å². The Bertz CT molecular complexity index is 1550. The Kier molecular flexibility index (Phi) is 10.2. The quantitative estimate of drug-likeness (QED) is 0.240. The first-order chi connectivity index (χ1) is 23.4. The smallest absolute Gasteiger partial charge is 0.307 e. The lowest BCUT2D eigenvalue weighted by Crippen LogP contribution is -2.48. The standard InChI is InChI=1S/C38H51F2N3O6/c1-5-26-30(23-44)43-22-31(26)48-34-33(41-28-15-14-25(47-4)20-29(28)42-34)38(39,40)19-10-7-12-24-13-11-18-37(24,3)49-32(45)21-27(35(43)46)36(2)16-8-6-9-17-36/h14-15,20,23-24,26-27,30-31H,5-13,16-19,21-22H2,1-4H3/t24-,26+,27-,30-,31+,37-/m1/s1. The van der Waals surface area contributed by atoms with Gasteiger partial charge in [-0.05, 0) is 81.8 Å². The molecule has 1 aromatic carbocycles. The number of esters is 1. The van der Waals surface area contributed by atoms with Gasteiger partial charge < -0.3 is 23.9 Å². The second kappa shape index (κ2) is 14.1. The number of alkyl halides is 2. The first-order valence-electron chi connectivity index (χ1n) is 18.3. The molecule has 268 valence electrons. The number of methoxy groups -OCH3 is 1. The van der Waals surface area contributed by atoms with E-state index in [9.17, 15) is 14.4 Å². The molecule has 49 heavy (non-hydrogen) atoms. The number of rotatable bonds is 4. The summed E-state index contributed by atoms with van der Waals surface area (Å²) in [5.41, 5.74) is -1.07. The zero-order valence-electron chi connectivity index (χ0n) is 29.3. The van der Waals surface area contributed by atoms with Crippen LogP contribution in [0.4, 0.5) is 8.78 Å². The van der Waals surface area contributed by atoms with Crippen LogP contribution in [0.15, 0.2) is 18.2 Å². The monoisotopic (exact) mass is 683 g/mol. The van der Waals surface area contributed by atoms with Crippen molar-refractivity contribution in [2.24, 2.45) is 23.2 Å². The normalized spacial score (nSPS) is 32.3. The van der Waals surface area contributed by atoms with Gasteiger partial charge in [0.2, 0.25) is 11.8 Å². The zero-order chi connectivity index (χ0) is 35.0. The third kappa shape index (κ3) is 7.00. The van der Waals surface area contributed by atoms with Crippen molar-refractivity contribution in [3.63, 3.8) is 0 Å². The predicted molar refractivity (Wildman–Crippen MR) is 179 cm³/mol. The van der Waals surface area contributed by atoms with Crippen LogP contribution in [0.25, 0.3) is 11.0 Å². The molecule has 0 radical (unpaired) electrons. The summed E-state index contributed by atoms with van der Waals surface area (Å²) in [6.07, 6.45) is 8.36. The molecule has 2 saturated carbocycles. The number of benzene rings is 1. The number of amides is 1. The average Bonchev–Trinajstić information content (AvgIpc) is 3.62. The number of nitrogens with zero attached hydrogens (tertiary/aromatic N) is 3. The van der Waals surface area contributed by atoms with E-state index in [0.717, 1.165) is 51.2 Å². The average molecular weight is 684 g/mol. The van der Waals surface area contributed by atoms with Gasteiger partial charge in [-0.2, -0.15) is 8.78 Å². The molecule has 4 aliphatic rings. The molecule has 0 N–H and O–H groups in total. The van der Waals surface area contributed by atoms with Gasteiger partial charge in [-0.1, -0.05) is 39.5 Å². The first kappa shape index (κ1) is 35.5. The molecule has 2 bridgehead atoms. The van der Waals surface area contributed by atoms with Gasteiger partial charge in [-0.3, -0.25) is 9.59 Å². The van der Waals surface area contributed by atoms with Crippen molar-refractivity contribution in [3.05, 3.63) is 23.9 Å². The maximum atomic E-state index is 16.2. The molecule has 2 aromatic rings. The molecule has 2 aliphatic heterocycles. The Morgan fingerprint density at radius 3 is 2.43 bits per heavy atom. The molecule has 1 saturated heterocycles. The minimum Gasteiger partial charge on any atom is -0.497 e. The number of halogens is 2. The van der Waals surface area contributed by atoms with Crippen molar-refractivity contribution < 1.29 is 37.4 Å². The molecule has 0 spiro atoms. The summed E-state index contributed by atoms with van der Waals surface area (Å²) < 4.78 is 50.5.